The van der Waals surface area contributed by atoms with E-state index in [4.69, 9.17) is 5.11 Å². The van der Waals surface area contributed by atoms with Crippen molar-refractivity contribution in [2.24, 2.45) is 0 Å². The number of carboxylic acids is 1. The summed E-state index contributed by atoms with van der Waals surface area (Å²) in [4.78, 5) is 15.2. The maximum atomic E-state index is 13.3. The molecule has 108 valence electrons. The lowest BCUT2D eigenvalue weighted by atomic mass is 10.1. The van der Waals surface area contributed by atoms with Crippen LogP contribution in [0.2, 0.25) is 0 Å². The van der Waals surface area contributed by atoms with E-state index in [0.29, 0.717) is 12.1 Å². The molecule has 1 N–H and O–H groups in total. The second kappa shape index (κ2) is 6.63. The highest BCUT2D eigenvalue weighted by Gasteiger charge is 2.15. The van der Waals surface area contributed by atoms with Crippen LogP contribution < -0.4 is 0 Å². The van der Waals surface area contributed by atoms with Crippen molar-refractivity contribution in [3.8, 4) is 0 Å². The Balaban J connectivity index is 2.12. The number of likely N-dealkylation sites (N-methyl/N-ethyl adjacent to an activating group) is 1. The fourth-order valence-electron chi connectivity index (χ4n) is 2.27. The van der Waals surface area contributed by atoms with E-state index in [9.17, 15) is 9.18 Å². The summed E-state index contributed by atoms with van der Waals surface area (Å²) in [5, 5.41) is 8.69. The molecule has 0 saturated carbocycles. The van der Waals surface area contributed by atoms with E-state index >= 15 is 0 Å². The molecule has 5 heteroatoms. The third kappa shape index (κ3) is 4.15. The molecule has 2 rings (SSSR count). The number of carboxylic acid groups (broad SMARTS) is 1. The van der Waals surface area contributed by atoms with Gasteiger partial charge >= 0.3 is 5.97 Å². The molecule has 0 amide bonds. The number of hydrogen-bond donors (Lipinski definition) is 1. The quantitative estimate of drug-likeness (QED) is 0.851. The van der Waals surface area contributed by atoms with Crippen LogP contribution in [0.3, 0.4) is 0 Å². The molecular weight excluding hydrogens is 259 g/mol. The van der Waals surface area contributed by atoms with Crippen molar-refractivity contribution in [2.75, 3.05) is 33.2 Å². The zero-order valence-corrected chi connectivity index (χ0v) is 11.6. The summed E-state index contributed by atoms with van der Waals surface area (Å²) in [6, 6.07) is 4.53. The van der Waals surface area contributed by atoms with Gasteiger partial charge in [0.2, 0.25) is 0 Å². The third-order valence-electron chi connectivity index (χ3n) is 3.50. The predicted molar refractivity (Wildman–Crippen MR) is 75.8 cm³/mol. The summed E-state index contributed by atoms with van der Waals surface area (Å²) < 4.78 is 13.3. The van der Waals surface area contributed by atoms with Gasteiger partial charge in [0.1, 0.15) is 5.82 Å². The van der Waals surface area contributed by atoms with Gasteiger partial charge in [-0.25, -0.2) is 9.18 Å². The third-order valence-corrected chi connectivity index (χ3v) is 3.50. The second-order valence-corrected chi connectivity index (χ2v) is 5.09. The van der Waals surface area contributed by atoms with Gasteiger partial charge in [0.05, 0.1) is 0 Å². The second-order valence-electron chi connectivity index (χ2n) is 5.09. The molecule has 1 fully saturated rings. The van der Waals surface area contributed by atoms with Gasteiger partial charge in [-0.15, -0.1) is 0 Å². The summed E-state index contributed by atoms with van der Waals surface area (Å²) in [6.45, 7) is 4.68. The lowest BCUT2D eigenvalue weighted by Gasteiger charge is -2.32. The first kappa shape index (κ1) is 14.7. The number of piperazine rings is 1. The molecule has 0 bridgehead atoms. The zero-order chi connectivity index (χ0) is 14.5. The van der Waals surface area contributed by atoms with Crippen molar-refractivity contribution in [3.63, 3.8) is 0 Å². The average Bonchev–Trinajstić information content (AvgIpc) is 2.41. The molecule has 4 nitrogen and oxygen atoms in total. The number of benzene rings is 1. The fraction of sp³-hybridized carbons (Fsp3) is 0.400. The van der Waals surface area contributed by atoms with Crippen LogP contribution in [0.1, 0.15) is 11.1 Å². The van der Waals surface area contributed by atoms with Gasteiger partial charge in [-0.05, 0) is 36.4 Å². The lowest BCUT2D eigenvalue weighted by Crippen LogP contribution is -2.43. The number of carbonyl (C=O) groups is 1. The van der Waals surface area contributed by atoms with Crippen LogP contribution in [0, 0.1) is 5.82 Å². The van der Waals surface area contributed by atoms with Crippen LogP contribution in [0.5, 0.6) is 0 Å². The van der Waals surface area contributed by atoms with E-state index in [-0.39, 0.29) is 5.82 Å². The van der Waals surface area contributed by atoms with Gasteiger partial charge in [0.25, 0.3) is 0 Å². The molecule has 0 radical (unpaired) electrons. The maximum Gasteiger partial charge on any atom is 0.328 e. The topological polar surface area (TPSA) is 43.8 Å². The largest absolute Gasteiger partial charge is 0.478 e. The highest BCUT2D eigenvalue weighted by molar-refractivity contribution is 5.85. The van der Waals surface area contributed by atoms with E-state index in [1.165, 1.54) is 18.2 Å². The van der Waals surface area contributed by atoms with Crippen molar-refractivity contribution < 1.29 is 14.3 Å². The van der Waals surface area contributed by atoms with E-state index in [1.54, 1.807) is 6.07 Å². The van der Waals surface area contributed by atoms with Gasteiger partial charge < -0.3 is 10.0 Å². The molecule has 1 aromatic carbocycles. The summed E-state index contributed by atoms with van der Waals surface area (Å²) >= 11 is 0. The molecule has 20 heavy (non-hydrogen) atoms. The Morgan fingerprint density at radius 2 is 2.05 bits per heavy atom. The molecule has 1 aliphatic rings. The SMILES string of the molecule is CN1CCN(Cc2ccc(F)cc2C=CC(=O)O)CC1. The van der Waals surface area contributed by atoms with Crippen LogP contribution in [0.25, 0.3) is 6.08 Å². The Bertz CT molecular complexity index is 509. The minimum atomic E-state index is -1.03. The normalized spacial score (nSPS) is 17.7. The predicted octanol–water partition coefficient (Wildman–Crippen LogP) is 1.67. The summed E-state index contributed by atoms with van der Waals surface area (Å²) in [5.41, 5.74) is 1.58. The van der Waals surface area contributed by atoms with Gasteiger partial charge in [-0.3, -0.25) is 4.90 Å². The fourth-order valence-corrected chi connectivity index (χ4v) is 2.27. The molecule has 1 heterocycles. The molecule has 0 aliphatic carbocycles. The van der Waals surface area contributed by atoms with Crippen molar-refractivity contribution in [2.45, 2.75) is 6.54 Å². The van der Waals surface area contributed by atoms with E-state index in [2.05, 4.69) is 16.8 Å². The highest BCUT2D eigenvalue weighted by atomic mass is 19.1. The first-order chi connectivity index (χ1) is 9.54. The Labute approximate surface area is 118 Å². The Hall–Kier alpha value is -1.72. The zero-order valence-electron chi connectivity index (χ0n) is 11.6. The first-order valence-electron chi connectivity index (χ1n) is 6.65. The van der Waals surface area contributed by atoms with Crippen LogP contribution in [-0.2, 0) is 11.3 Å². The van der Waals surface area contributed by atoms with Crippen LogP contribution >= 0.6 is 0 Å². The van der Waals surface area contributed by atoms with E-state index in [1.807, 2.05) is 0 Å². The minimum absolute atomic E-state index is 0.350. The number of rotatable bonds is 4. The molecule has 1 aromatic rings. The average molecular weight is 278 g/mol. The summed E-state index contributed by atoms with van der Waals surface area (Å²) in [5.74, 6) is -1.38. The molecule has 0 atom stereocenters. The monoisotopic (exact) mass is 278 g/mol. The molecule has 0 aromatic heterocycles. The van der Waals surface area contributed by atoms with Gasteiger partial charge in [0, 0.05) is 38.8 Å². The van der Waals surface area contributed by atoms with E-state index in [0.717, 1.165) is 37.8 Å². The molecule has 1 aliphatic heterocycles. The first-order valence-corrected chi connectivity index (χ1v) is 6.65. The molecule has 0 unspecified atom stereocenters. The Morgan fingerprint density at radius 3 is 2.70 bits per heavy atom. The Kier molecular flexibility index (Phi) is 4.87. The number of halogens is 1. The molecule has 1 saturated heterocycles. The van der Waals surface area contributed by atoms with E-state index < -0.39 is 5.97 Å². The number of hydrogen-bond acceptors (Lipinski definition) is 3. The summed E-state index contributed by atoms with van der Waals surface area (Å²) in [6.07, 6.45) is 2.50. The minimum Gasteiger partial charge on any atom is -0.478 e. The molecular formula is C15H19FN2O2. The standard InChI is InChI=1S/C15H19FN2O2/c1-17-6-8-18(9-7-17)11-13-2-4-14(16)10-12(13)3-5-15(19)20/h2-5,10H,6-9,11H2,1H3,(H,19,20). The van der Waals surface area contributed by atoms with Gasteiger partial charge in [-0.2, -0.15) is 0 Å². The number of nitrogens with zero attached hydrogens (tertiary/aromatic N) is 2. The van der Waals surface area contributed by atoms with Crippen LogP contribution in [0.15, 0.2) is 24.3 Å². The lowest BCUT2D eigenvalue weighted by molar-refractivity contribution is -0.131. The van der Waals surface area contributed by atoms with Gasteiger partial charge in [0.15, 0.2) is 0 Å². The van der Waals surface area contributed by atoms with Crippen LogP contribution in [-0.4, -0.2) is 54.1 Å². The highest BCUT2D eigenvalue weighted by Crippen LogP contribution is 2.16. The smallest absolute Gasteiger partial charge is 0.328 e. The van der Waals surface area contributed by atoms with Crippen LogP contribution in [0.4, 0.5) is 4.39 Å². The Morgan fingerprint density at radius 1 is 1.35 bits per heavy atom. The summed E-state index contributed by atoms with van der Waals surface area (Å²) in [7, 11) is 2.09. The van der Waals surface area contributed by atoms with Crippen molar-refractivity contribution >= 4 is 12.0 Å². The van der Waals surface area contributed by atoms with Crippen molar-refractivity contribution in [1.82, 2.24) is 9.80 Å². The van der Waals surface area contributed by atoms with Crippen molar-refractivity contribution in [3.05, 3.63) is 41.2 Å². The molecule has 0 spiro atoms. The maximum absolute atomic E-state index is 13.3. The van der Waals surface area contributed by atoms with Gasteiger partial charge in [-0.1, -0.05) is 6.07 Å². The van der Waals surface area contributed by atoms with Crippen molar-refractivity contribution in [1.29, 1.82) is 0 Å². The number of aliphatic carboxylic acids is 1.